The van der Waals surface area contributed by atoms with E-state index in [1.165, 1.54) is 43.8 Å². The quantitative estimate of drug-likeness (QED) is 0.159. The smallest absolute Gasteiger partial charge is 0.164 e. The molecule has 14 aromatic rings. The van der Waals surface area contributed by atoms with Gasteiger partial charge in [0.05, 0.1) is 50.2 Å². The van der Waals surface area contributed by atoms with E-state index in [4.69, 9.17) is 24.9 Å². The lowest BCUT2D eigenvalue weighted by molar-refractivity contribution is 0.570. The number of pyridine rings is 2. The third-order valence-electron chi connectivity index (χ3n) is 18.9. The fourth-order valence-corrected chi connectivity index (χ4v) is 13.3. The van der Waals surface area contributed by atoms with Crippen molar-refractivity contribution in [3.63, 3.8) is 0 Å². The second-order valence-electron chi connectivity index (χ2n) is 32.0. The zero-order chi connectivity index (χ0) is 65.6. The fraction of sp³-hybridized carbons (Fsp3) is 0.282. The van der Waals surface area contributed by atoms with E-state index in [-0.39, 0.29) is 32.5 Å². The molecule has 0 fully saturated rings. The van der Waals surface area contributed by atoms with Crippen LogP contribution in [0.2, 0.25) is 0 Å². The lowest BCUT2D eigenvalue weighted by Gasteiger charge is -2.25. The first-order valence-corrected chi connectivity index (χ1v) is 33.1. The Kier molecular flexibility index (Phi) is 14.1. The first-order chi connectivity index (χ1) is 43.9. The van der Waals surface area contributed by atoms with Crippen molar-refractivity contribution in [1.82, 2.24) is 38.6 Å². The Morgan fingerprint density at radius 1 is 0.237 bits per heavy atom. The molecule has 0 amide bonds. The van der Waals surface area contributed by atoms with Gasteiger partial charge >= 0.3 is 0 Å². The van der Waals surface area contributed by atoms with Crippen molar-refractivity contribution in [1.29, 1.82) is 0 Å². The minimum atomic E-state index is -0.225. The first-order valence-electron chi connectivity index (χ1n) is 33.1. The molecule has 8 heteroatoms. The van der Waals surface area contributed by atoms with E-state index in [1.807, 2.05) is 36.4 Å². The van der Waals surface area contributed by atoms with Gasteiger partial charge in [-0.2, -0.15) is 0 Å². The Bertz CT molecular complexity index is 4840. The van der Waals surface area contributed by atoms with E-state index in [9.17, 15) is 0 Å². The molecule has 0 bridgehead atoms. The summed E-state index contributed by atoms with van der Waals surface area (Å²) in [6.45, 7) is 41.3. The molecular formula is C85H86N8. The van der Waals surface area contributed by atoms with Gasteiger partial charge in [0, 0.05) is 60.5 Å². The molecule has 93 heavy (non-hydrogen) atoms. The van der Waals surface area contributed by atoms with Gasteiger partial charge in [0.1, 0.15) is 11.0 Å². The van der Waals surface area contributed by atoms with Crippen molar-refractivity contribution in [3.8, 4) is 62.4 Å². The van der Waals surface area contributed by atoms with Crippen LogP contribution in [0, 0.1) is 0 Å². The SMILES string of the molecule is CC(C)(C)c1ccc2c(c1)c1cc(C(C)(C)C)ccc1n2-c1cc(-c2ccc(-c3nc(-c4ccccc4)nc(-c4ccccc4)n3)cc2)cc(-n2c3ccc(C(C)(C)C)cc3c3cc(C(C)(C)C)ccc32)c1-n1c2ccc(C(C)(C)C)nc2c2nc(C(C)(C)C)ccc21. The Morgan fingerprint density at radius 2 is 0.527 bits per heavy atom. The van der Waals surface area contributed by atoms with E-state index in [1.54, 1.807) is 0 Å². The fourth-order valence-electron chi connectivity index (χ4n) is 13.3. The van der Waals surface area contributed by atoms with Crippen LogP contribution in [0.1, 0.15) is 158 Å². The van der Waals surface area contributed by atoms with Crippen molar-refractivity contribution in [2.24, 2.45) is 0 Å². The number of hydrogen-bond donors (Lipinski definition) is 0. The van der Waals surface area contributed by atoms with E-state index in [2.05, 4.69) is 296 Å². The summed E-state index contributed by atoms with van der Waals surface area (Å²) < 4.78 is 7.64. The molecule has 8 aromatic carbocycles. The monoisotopic (exact) mass is 1220 g/mol. The average molecular weight is 1220 g/mol. The van der Waals surface area contributed by atoms with Crippen molar-refractivity contribution in [2.75, 3.05) is 0 Å². The highest BCUT2D eigenvalue weighted by atomic mass is 15.1. The summed E-state index contributed by atoms with van der Waals surface area (Å²) >= 11 is 0. The third kappa shape index (κ3) is 10.8. The number of nitrogens with zero attached hydrogens (tertiary/aromatic N) is 8. The van der Waals surface area contributed by atoms with Gasteiger partial charge in [-0.05, 0) is 140 Å². The molecule has 0 spiro atoms. The van der Waals surface area contributed by atoms with Gasteiger partial charge in [-0.15, -0.1) is 0 Å². The first kappa shape index (κ1) is 61.0. The standard InChI is InChI=1S/C85H86N8/c1-80(2,3)56-33-37-64-60(47-56)61-48-57(81(4,5)6)34-38-65(61)91(64)70-45-55(51-29-31-54(32-30-51)79-89-77(52-25-21-19-22-26-52)88-78(90-79)53-27-23-20-24-28-53)46-71(92-66-39-35-58(82(7,8)9)49-62(66)63-50-59(83(10,11)12)36-40-67(63)92)76(70)93-68-41-43-72(84(13,14)15)86-74(68)75-69(93)42-44-73(87-75)85(16,17)18/h19-50H,1-18H3. The highest BCUT2D eigenvalue weighted by Crippen LogP contribution is 2.48. The molecule has 14 rings (SSSR count). The molecule has 0 aliphatic rings. The molecule has 6 aromatic heterocycles. The molecule has 466 valence electrons. The van der Waals surface area contributed by atoms with Gasteiger partial charge in [-0.25, -0.2) is 24.9 Å². The van der Waals surface area contributed by atoms with Crippen LogP contribution in [0.3, 0.4) is 0 Å². The van der Waals surface area contributed by atoms with Gasteiger partial charge in [0.15, 0.2) is 17.5 Å². The van der Waals surface area contributed by atoms with Crippen LogP contribution in [0.25, 0.3) is 128 Å². The van der Waals surface area contributed by atoms with E-state index in [0.717, 1.165) is 100 Å². The van der Waals surface area contributed by atoms with Crippen LogP contribution in [0.5, 0.6) is 0 Å². The Balaban J connectivity index is 1.16. The number of hydrogen-bond acceptors (Lipinski definition) is 5. The van der Waals surface area contributed by atoms with Crippen LogP contribution >= 0.6 is 0 Å². The second kappa shape index (κ2) is 21.5. The number of rotatable bonds is 7. The maximum atomic E-state index is 5.69. The summed E-state index contributed by atoms with van der Waals surface area (Å²) in [7, 11) is 0. The lowest BCUT2D eigenvalue weighted by atomic mass is 9.85. The molecule has 0 saturated carbocycles. The molecular weight excluding hydrogens is 1130 g/mol. The normalized spacial score (nSPS) is 13.1. The van der Waals surface area contributed by atoms with Crippen molar-refractivity contribution >= 4 is 65.7 Å². The highest BCUT2D eigenvalue weighted by Gasteiger charge is 2.31. The minimum Gasteiger partial charge on any atom is -0.307 e. The zero-order valence-electron chi connectivity index (χ0n) is 57.6. The summed E-state index contributed by atoms with van der Waals surface area (Å²) in [6, 6.07) is 72.0. The lowest BCUT2D eigenvalue weighted by Crippen LogP contribution is -2.14. The molecule has 0 N–H and O–H groups in total. The van der Waals surface area contributed by atoms with Gasteiger partial charge < -0.3 is 13.7 Å². The highest BCUT2D eigenvalue weighted by molar-refractivity contribution is 6.13. The third-order valence-corrected chi connectivity index (χ3v) is 18.9. The summed E-state index contributed by atoms with van der Waals surface area (Å²) in [5.41, 5.74) is 22.4. The molecule has 6 heterocycles. The van der Waals surface area contributed by atoms with Crippen LogP contribution in [0.4, 0.5) is 0 Å². The van der Waals surface area contributed by atoms with E-state index in [0.29, 0.717) is 17.5 Å². The van der Waals surface area contributed by atoms with Crippen molar-refractivity contribution in [2.45, 2.75) is 157 Å². The predicted molar refractivity (Wildman–Crippen MR) is 392 cm³/mol. The van der Waals surface area contributed by atoms with Gasteiger partial charge in [-0.1, -0.05) is 234 Å². The van der Waals surface area contributed by atoms with Crippen molar-refractivity contribution < 1.29 is 0 Å². The summed E-state index contributed by atoms with van der Waals surface area (Å²) in [6.07, 6.45) is 0. The average Bonchev–Trinajstić information content (AvgIpc) is 1.57. The second-order valence-corrected chi connectivity index (χ2v) is 32.0. The molecule has 8 nitrogen and oxygen atoms in total. The minimum absolute atomic E-state index is 0.0980. The largest absolute Gasteiger partial charge is 0.307 e. The molecule has 0 atom stereocenters. The Labute approximate surface area is 548 Å². The molecule has 0 aliphatic heterocycles. The molecule has 0 radical (unpaired) electrons. The number of fused-ring (bicyclic) bond motifs is 9. The Morgan fingerprint density at radius 3 is 0.828 bits per heavy atom. The molecule has 0 unspecified atom stereocenters. The number of benzene rings is 8. The summed E-state index contributed by atoms with van der Waals surface area (Å²) in [5, 5.41) is 4.85. The predicted octanol–water partition coefficient (Wildman–Crippen LogP) is 22.4. The summed E-state index contributed by atoms with van der Waals surface area (Å²) in [5.74, 6) is 1.85. The van der Waals surface area contributed by atoms with Crippen LogP contribution in [0.15, 0.2) is 194 Å². The number of aromatic nitrogens is 8. The Hall–Kier alpha value is -9.53. The molecule has 0 aliphatic carbocycles. The zero-order valence-corrected chi connectivity index (χ0v) is 57.6. The maximum Gasteiger partial charge on any atom is 0.164 e. The van der Waals surface area contributed by atoms with E-state index >= 15 is 0 Å². The summed E-state index contributed by atoms with van der Waals surface area (Å²) in [4.78, 5) is 26.8. The molecule has 0 saturated heterocycles. The van der Waals surface area contributed by atoms with Crippen LogP contribution < -0.4 is 0 Å². The van der Waals surface area contributed by atoms with Gasteiger partial charge in [0.25, 0.3) is 0 Å². The van der Waals surface area contributed by atoms with Crippen molar-refractivity contribution in [3.05, 3.63) is 228 Å². The maximum absolute atomic E-state index is 5.69. The van der Waals surface area contributed by atoms with E-state index < -0.39 is 0 Å². The van der Waals surface area contributed by atoms with Gasteiger partial charge in [-0.3, -0.25) is 0 Å². The van der Waals surface area contributed by atoms with Gasteiger partial charge in [0.2, 0.25) is 0 Å². The topological polar surface area (TPSA) is 79.2 Å². The van der Waals surface area contributed by atoms with Crippen LogP contribution in [-0.4, -0.2) is 38.6 Å². The van der Waals surface area contributed by atoms with Crippen LogP contribution in [-0.2, 0) is 32.5 Å².